The van der Waals surface area contributed by atoms with E-state index in [-0.39, 0.29) is 0 Å². The molecular weight excluding hydrogens is 232 g/mol. The number of nitrogens with one attached hydrogen (secondary N) is 1. The van der Waals surface area contributed by atoms with Gasteiger partial charge < -0.3 is 10.2 Å². The van der Waals surface area contributed by atoms with Crippen LogP contribution in [0.4, 0.5) is 0 Å². The Morgan fingerprint density at radius 1 is 0.947 bits per heavy atom. The van der Waals surface area contributed by atoms with Crippen LogP contribution in [0.2, 0.25) is 0 Å². The fraction of sp³-hybridized carbons (Fsp3) is 1.00. The van der Waals surface area contributed by atoms with E-state index in [1.54, 1.807) is 32.1 Å². The number of rotatable bonds is 6. The fourth-order valence-electron chi connectivity index (χ4n) is 5.53. The molecule has 0 aromatic heterocycles. The lowest BCUT2D eigenvalue weighted by Gasteiger charge is -2.55. The lowest BCUT2D eigenvalue weighted by molar-refractivity contribution is -0.0465. The van der Waals surface area contributed by atoms with Crippen molar-refractivity contribution < 1.29 is 0 Å². The molecule has 0 aromatic rings. The Hall–Kier alpha value is -0.0800. The van der Waals surface area contributed by atoms with Crippen molar-refractivity contribution in [3.05, 3.63) is 0 Å². The summed E-state index contributed by atoms with van der Waals surface area (Å²) in [6.45, 7) is 3.83. The van der Waals surface area contributed by atoms with E-state index in [4.69, 9.17) is 0 Å². The minimum atomic E-state index is 0.870. The molecule has 0 saturated heterocycles. The van der Waals surface area contributed by atoms with Gasteiger partial charge in [0.25, 0.3) is 0 Å². The first kappa shape index (κ1) is 12.6. The summed E-state index contributed by atoms with van der Waals surface area (Å²) in [7, 11) is 2.35. The zero-order valence-electron chi connectivity index (χ0n) is 12.5. The summed E-state index contributed by atoms with van der Waals surface area (Å²) in [5.41, 5.74) is 0. The van der Waals surface area contributed by atoms with Gasteiger partial charge in [0.2, 0.25) is 0 Å². The third kappa shape index (κ3) is 2.71. The van der Waals surface area contributed by atoms with Gasteiger partial charge in [-0.25, -0.2) is 0 Å². The Morgan fingerprint density at radius 2 is 1.58 bits per heavy atom. The van der Waals surface area contributed by atoms with Crippen molar-refractivity contribution in [2.75, 3.05) is 26.7 Å². The summed E-state index contributed by atoms with van der Waals surface area (Å²) < 4.78 is 0. The SMILES string of the molecule is CN(CCNC1CC1)CC1C2CC3CC(C2)CC1C3. The molecule has 0 aromatic carbocycles. The van der Waals surface area contributed by atoms with Crippen molar-refractivity contribution >= 4 is 0 Å². The summed E-state index contributed by atoms with van der Waals surface area (Å²) in [5, 5.41) is 3.65. The Bertz CT molecular complexity index is 295. The topological polar surface area (TPSA) is 15.3 Å². The van der Waals surface area contributed by atoms with Crippen molar-refractivity contribution in [3.63, 3.8) is 0 Å². The average Bonchev–Trinajstić information content (AvgIpc) is 3.17. The van der Waals surface area contributed by atoms with E-state index >= 15 is 0 Å². The van der Waals surface area contributed by atoms with Gasteiger partial charge in [-0.3, -0.25) is 0 Å². The predicted octanol–water partition coefficient (Wildman–Crippen LogP) is 2.74. The van der Waals surface area contributed by atoms with Crippen LogP contribution in [0.1, 0.15) is 44.9 Å². The highest BCUT2D eigenvalue weighted by Gasteiger charge is 2.48. The molecule has 1 N–H and O–H groups in total. The zero-order chi connectivity index (χ0) is 12.8. The molecule has 4 bridgehead atoms. The molecule has 5 saturated carbocycles. The molecule has 5 fully saturated rings. The van der Waals surface area contributed by atoms with E-state index in [2.05, 4.69) is 17.3 Å². The molecule has 108 valence electrons. The molecule has 19 heavy (non-hydrogen) atoms. The molecule has 2 heteroatoms. The van der Waals surface area contributed by atoms with Crippen molar-refractivity contribution in [3.8, 4) is 0 Å². The highest BCUT2D eigenvalue weighted by molar-refractivity contribution is 4.98. The third-order valence-electron chi connectivity index (χ3n) is 6.45. The largest absolute Gasteiger partial charge is 0.313 e. The standard InChI is InChI=1S/C17H30N2/c1-19(5-4-18-16-2-3-16)11-17-14-7-12-6-13(9-14)10-15(17)8-12/h12-18H,2-11H2,1H3. The van der Waals surface area contributed by atoms with E-state index in [1.807, 2.05) is 0 Å². The van der Waals surface area contributed by atoms with Crippen molar-refractivity contribution in [2.24, 2.45) is 29.6 Å². The Kier molecular flexibility index (Phi) is 3.35. The molecule has 2 nitrogen and oxygen atoms in total. The first-order chi connectivity index (χ1) is 9.28. The van der Waals surface area contributed by atoms with E-state index < -0.39 is 0 Å². The van der Waals surface area contributed by atoms with Gasteiger partial charge in [-0.15, -0.1) is 0 Å². The molecule has 0 heterocycles. The fourth-order valence-corrected chi connectivity index (χ4v) is 5.53. The number of hydrogen-bond donors (Lipinski definition) is 1. The van der Waals surface area contributed by atoms with Crippen LogP contribution in [0.5, 0.6) is 0 Å². The van der Waals surface area contributed by atoms with Gasteiger partial charge in [-0.1, -0.05) is 0 Å². The maximum Gasteiger partial charge on any atom is 0.0104 e. The minimum Gasteiger partial charge on any atom is -0.313 e. The van der Waals surface area contributed by atoms with Crippen LogP contribution in [0.25, 0.3) is 0 Å². The van der Waals surface area contributed by atoms with Gasteiger partial charge in [-0.05, 0) is 81.6 Å². The third-order valence-corrected chi connectivity index (χ3v) is 6.45. The van der Waals surface area contributed by atoms with Gasteiger partial charge >= 0.3 is 0 Å². The quantitative estimate of drug-likeness (QED) is 0.792. The van der Waals surface area contributed by atoms with Crippen LogP contribution in [0.3, 0.4) is 0 Å². The summed E-state index contributed by atoms with van der Waals surface area (Å²) in [5.74, 6) is 5.48. The molecule has 5 rings (SSSR count). The summed E-state index contributed by atoms with van der Waals surface area (Å²) >= 11 is 0. The zero-order valence-corrected chi connectivity index (χ0v) is 12.5. The lowest BCUT2D eigenvalue weighted by atomic mass is 9.52. The highest BCUT2D eigenvalue weighted by atomic mass is 15.1. The minimum absolute atomic E-state index is 0.870. The Balaban J connectivity index is 1.27. The van der Waals surface area contributed by atoms with Crippen LogP contribution in [-0.4, -0.2) is 37.6 Å². The van der Waals surface area contributed by atoms with E-state index in [1.165, 1.54) is 32.5 Å². The lowest BCUT2D eigenvalue weighted by Crippen LogP contribution is -2.49. The molecule has 0 radical (unpaired) electrons. The first-order valence-corrected chi connectivity index (χ1v) is 8.70. The normalized spacial score (nSPS) is 44.2. The smallest absolute Gasteiger partial charge is 0.0104 e. The molecule has 5 aliphatic carbocycles. The number of nitrogens with zero attached hydrogens (tertiary/aromatic N) is 1. The monoisotopic (exact) mass is 262 g/mol. The van der Waals surface area contributed by atoms with Gasteiger partial charge in [0, 0.05) is 25.7 Å². The maximum atomic E-state index is 3.65. The molecule has 0 amide bonds. The van der Waals surface area contributed by atoms with Crippen LogP contribution in [0.15, 0.2) is 0 Å². The second-order valence-corrected chi connectivity index (χ2v) is 8.09. The predicted molar refractivity (Wildman–Crippen MR) is 79.1 cm³/mol. The van der Waals surface area contributed by atoms with Crippen LogP contribution in [0, 0.1) is 29.6 Å². The molecule has 0 unspecified atom stereocenters. The van der Waals surface area contributed by atoms with Gasteiger partial charge in [0.05, 0.1) is 0 Å². The van der Waals surface area contributed by atoms with Gasteiger partial charge in [-0.2, -0.15) is 0 Å². The van der Waals surface area contributed by atoms with Crippen molar-refractivity contribution in [2.45, 2.75) is 51.0 Å². The van der Waals surface area contributed by atoms with Gasteiger partial charge in [0.1, 0.15) is 0 Å². The van der Waals surface area contributed by atoms with E-state index in [0.29, 0.717) is 0 Å². The molecule has 0 atom stereocenters. The summed E-state index contributed by atoms with van der Waals surface area (Å²) in [4.78, 5) is 2.61. The second kappa shape index (κ2) is 5.04. The molecule has 5 aliphatic rings. The number of likely N-dealkylation sites (N-methyl/N-ethyl adjacent to an activating group) is 1. The van der Waals surface area contributed by atoms with Crippen molar-refractivity contribution in [1.29, 1.82) is 0 Å². The van der Waals surface area contributed by atoms with Gasteiger partial charge in [0.15, 0.2) is 0 Å². The molecule has 0 spiro atoms. The van der Waals surface area contributed by atoms with Crippen LogP contribution >= 0.6 is 0 Å². The number of hydrogen-bond acceptors (Lipinski definition) is 2. The van der Waals surface area contributed by atoms with E-state index in [0.717, 1.165) is 35.6 Å². The molecule has 0 aliphatic heterocycles. The Morgan fingerprint density at radius 3 is 2.16 bits per heavy atom. The molecular formula is C17H30N2. The maximum absolute atomic E-state index is 3.65. The van der Waals surface area contributed by atoms with Crippen molar-refractivity contribution in [1.82, 2.24) is 10.2 Å². The Labute approximate surface area is 118 Å². The highest BCUT2D eigenvalue weighted by Crippen LogP contribution is 2.56. The average molecular weight is 262 g/mol. The summed E-state index contributed by atoms with van der Waals surface area (Å²) in [6.07, 6.45) is 10.7. The van der Waals surface area contributed by atoms with Crippen LogP contribution in [-0.2, 0) is 0 Å². The second-order valence-electron chi connectivity index (χ2n) is 8.09. The summed E-state index contributed by atoms with van der Waals surface area (Å²) in [6, 6.07) is 0.870. The van der Waals surface area contributed by atoms with E-state index in [9.17, 15) is 0 Å². The van der Waals surface area contributed by atoms with Crippen LogP contribution < -0.4 is 5.32 Å². The first-order valence-electron chi connectivity index (χ1n) is 8.70.